The van der Waals surface area contributed by atoms with Gasteiger partial charge < -0.3 is 14.2 Å². The molecular formula is C10H16O4. The molecule has 1 unspecified atom stereocenters. The molecule has 1 heterocycles. The van der Waals surface area contributed by atoms with Gasteiger partial charge in [-0.05, 0) is 26.8 Å². The van der Waals surface area contributed by atoms with Crippen LogP contribution < -0.4 is 0 Å². The monoisotopic (exact) mass is 200 g/mol. The summed E-state index contributed by atoms with van der Waals surface area (Å²) in [6, 6.07) is 0. The van der Waals surface area contributed by atoms with Crippen molar-refractivity contribution >= 4 is 5.97 Å². The Morgan fingerprint density at radius 2 is 2.21 bits per heavy atom. The molecule has 80 valence electrons. The number of ether oxygens (including phenoxy) is 3. The maximum absolute atomic E-state index is 11.1. The SMILES string of the molecule is COC(=O)C(C)=CC1COC(C)(C)O1. The molecule has 0 aromatic rings. The summed E-state index contributed by atoms with van der Waals surface area (Å²) < 4.78 is 15.4. The maximum atomic E-state index is 11.1. The van der Waals surface area contributed by atoms with Gasteiger partial charge in [-0.3, -0.25) is 0 Å². The summed E-state index contributed by atoms with van der Waals surface area (Å²) in [6.45, 7) is 5.85. The van der Waals surface area contributed by atoms with Gasteiger partial charge >= 0.3 is 5.97 Å². The molecule has 1 saturated heterocycles. The summed E-state index contributed by atoms with van der Waals surface area (Å²) in [7, 11) is 1.36. The lowest BCUT2D eigenvalue weighted by atomic mass is 10.2. The zero-order valence-electron chi connectivity index (χ0n) is 8.99. The zero-order valence-corrected chi connectivity index (χ0v) is 8.99. The van der Waals surface area contributed by atoms with Gasteiger partial charge in [0.1, 0.15) is 6.10 Å². The predicted octanol–water partition coefficient (Wildman–Crippen LogP) is 1.26. The second-order valence-corrected chi connectivity index (χ2v) is 3.71. The molecule has 4 nitrogen and oxygen atoms in total. The summed E-state index contributed by atoms with van der Waals surface area (Å²) in [6.07, 6.45) is 1.56. The van der Waals surface area contributed by atoms with Crippen molar-refractivity contribution in [1.82, 2.24) is 0 Å². The molecule has 1 rings (SSSR count). The van der Waals surface area contributed by atoms with E-state index in [1.165, 1.54) is 7.11 Å². The van der Waals surface area contributed by atoms with E-state index < -0.39 is 5.79 Å². The van der Waals surface area contributed by atoms with Crippen LogP contribution in [-0.4, -0.2) is 31.6 Å². The lowest BCUT2D eigenvalue weighted by Crippen LogP contribution is -2.21. The number of hydrogen-bond donors (Lipinski definition) is 0. The van der Waals surface area contributed by atoms with E-state index in [0.29, 0.717) is 12.2 Å². The van der Waals surface area contributed by atoms with Crippen LogP contribution in [0, 0.1) is 0 Å². The minimum atomic E-state index is -0.558. The van der Waals surface area contributed by atoms with Crippen LogP contribution in [0.4, 0.5) is 0 Å². The van der Waals surface area contributed by atoms with Gasteiger partial charge in [0.05, 0.1) is 13.7 Å². The van der Waals surface area contributed by atoms with Crippen LogP contribution in [-0.2, 0) is 19.0 Å². The van der Waals surface area contributed by atoms with Gasteiger partial charge in [-0.25, -0.2) is 4.79 Å². The first-order valence-electron chi connectivity index (χ1n) is 4.53. The predicted molar refractivity (Wildman–Crippen MR) is 50.7 cm³/mol. The minimum absolute atomic E-state index is 0.163. The largest absolute Gasteiger partial charge is 0.466 e. The summed E-state index contributed by atoms with van der Waals surface area (Å²) in [5, 5.41) is 0. The average Bonchev–Trinajstić information content (AvgIpc) is 2.44. The third-order valence-corrected chi connectivity index (χ3v) is 1.97. The quantitative estimate of drug-likeness (QED) is 0.497. The molecule has 1 fully saturated rings. The standard InChI is InChI=1S/C10H16O4/c1-7(9(11)12-4)5-8-6-13-10(2,3)14-8/h5,8H,6H2,1-4H3. The van der Waals surface area contributed by atoms with Crippen molar-refractivity contribution in [2.24, 2.45) is 0 Å². The van der Waals surface area contributed by atoms with Gasteiger partial charge in [0, 0.05) is 5.57 Å². The van der Waals surface area contributed by atoms with E-state index in [0.717, 1.165) is 0 Å². The Bertz CT molecular complexity index is 255. The van der Waals surface area contributed by atoms with Crippen LogP contribution in [0.1, 0.15) is 20.8 Å². The smallest absolute Gasteiger partial charge is 0.333 e. The Balaban J connectivity index is 2.57. The molecule has 1 aliphatic rings. The first kappa shape index (κ1) is 11.2. The van der Waals surface area contributed by atoms with Gasteiger partial charge in [0.25, 0.3) is 0 Å². The van der Waals surface area contributed by atoms with Crippen LogP contribution >= 0.6 is 0 Å². The molecule has 0 aromatic heterocycles. The topological polar surface area (TPSA) is 44.8 Å². The van der Waals surface area contributed by atoms with Crippen molar-refractivity contribution in [2.75, 3.05) is 13.7 Å². The molecule has 0 aromatic carbocycles. The molecule has 0 saturated carbocycles. The van der Waals surface area contributed by atoms with Crippen molar-refractivity contribution in [3.05, 3.63) is 11.6 Å². The first-order valence-corrected chi connectivity index (χ1v) is 4.53. The second kappa shape index (κ2) is 4.11. The Hall–Kier alpha value is -0.870. The molecular weight excluding hydrogens is 184 g/mol. The van der Waals surface area contributed by atoms with Crippen LogP contribution in [0.25, 0.3) is 0 Å². The third kappa shape index (κ3) is 2.82. The number of methoxy groups -OCH3 is 1. The van der Waals surface area contributed by atoms with Crippen molar-refractivity contribution in [3.63, 3.8) is 0 Å². The summed E-state index contributed by atoms with van der Waals surface area (Å²) in [5.41, 5.74) is 0.541. The van der Waals surface area contributed by atoms with Crippen LogP contribution in [0.3, 0.4) is 0 Å². The Kier molecular flexibility index (Phi) is 3.29. The first-order chi connectivity index (χ1) is 6.44. The molecule has 14 heavy (non-hydrogen) atoms. The van der Waals surface area contributed by atoms with Crippen molar-refractivity contribution in [1.29, 1.82) is 0 Å². The molecule has 0 aliphatic carbocycles. The van der Waals surface area contributed by atoms with Crippen LogP contribution in [0.2, 0.25) is 0 Å². The lowest BCUT2D eigenvalue weighted by Gasteiger charge is -2.15. The van der Waals surface area contributed by atoms with Gasteiger partial charge in [-0.2, -0.15) is 0 Å². The average molecular weight is 200 g/mol. The molecule has 0 spiro atoms. The number of carbonyl (C=O) groups is 1. The fourth-order valence-corrected chi connectivity index (χ4v) is 1.31. The number of rotatable bonds is 2. The third-order valence-electron chi connectivity index (χ3n) is 1.97. The van der Waals surface area contributed by atoms with Crippen molar-refractivity contribution in [2.45, 2.75) is 32.7 Å². The minimum Gasteiger partial charge on any atom is -0.466 e. The highest BCUT2D eigenvalue weighted by atomic mass is 16.7. The molecule has 1 aliphatic heterocycles. The molecule has 0 radical (unpaired) electrons. The summed E-state index contributed by atoms with van der Waals surface area (Å²) >= 11 is 0. The molecule has 0 amide bonds. The van der Waals surface area contributed by atoms with Crippen LogP contribution in [0.15, 0.2) is 11.6 Å². The van der Waals surface area contributed by atoms with E-state index in [1.807, 2.05) is 13.8 Å². The number of esters is 1. The highest BCUT2D eigenvalue weighted by Gasteiger charge is 2.31. The Morgan fingerprint density at radius 3 is 2.64 bits per heavy atom. The van der Waals surface area contributed by atoms with Gasteiger partial charge in [-0.1, -0.05) is 0 Å². The summed E-state index contributed by atoms with van der Waals surface area (Å²) in [5.74, 6) is -0.893. The summed E-state index contributed by atoms with van der Waals surface area (Å²) in [4.78, 5) is 11.1. The maximum Gasteiger partial charge on any atom is 0.333 e. The molecule has 4 heteroatoms. The van der Waals surface area contributed by atoms with E-state index in [2.05, 4.69) is 4.74 Å². The molecule has 0 N–H and O–H groups in total. The molecule has 1 atom stereocenters. The molecule has 0 bridgehead atoms. The van der Waals surface area contributed by atoms with E-state index >= 15 is 0 Å². The number of hydrogen-bond acceptors (Lipinski definition) is 4. The van der Waals surface area contributed by atoms with Crippen molar-refractivity contribution in [3.8, 4) is 0 Å². The Labute approximate surface area is 83.8 Å². The zero-order chi connectivity index (χ0) is 10.8. The highest BCUT2D eigenvalue weighted by Crippen LogP contribution is 2.23. The number of carbonyl (C=O) groups excluding carboxylic acids is 1. The Morgan fingerprint density at radius 1 is 1.57 bits per heavy atom. The lowest BCUT2D eigenvalue weighted by molar-refractivity contribution is -0.137. The van der Waals surface area contributed by atoms with Crippen LogP contribution in [0.5, 0.6) is 0 Å². The fourth-order valence-electron chi connectivity index (χ4n) is 1.31. The van der Waals surface area contributed by atoms with Gasteiger partial charge in [0.15, 0.2) is 5.79 Å². The second-order valence-electron chi connectivity index (χ2n) is 3.71. The van der Waals surface area contributed by atoms with Gasteiger partial charge in [-0.15, -0.1) is 0 Å². The fraction of sp³-hybridized carbons (Fsp3) is 0.700. The van der Waals surface area contributed by atoms with E-state index in [9.17, 15) is 4.79 Å². The van der Waals surface area contributed by atoms with E-state index in [1.54, 1.807) is 13.0 Å². The van der Waals surface area contributed by atoms with E-state index in [-0.39, 0.29) is 12.1 Å². The normalized spacial score (nSPS) is 26.3. The highest BCUT2D eigenvalue weighted by molar-refractivity contribution is 5.87. The van der Waals surface area contributed by atoms with E-state index in [4.69, 9.17) is 9.47 Å². The van der Waals surface area contributed by atoms with Gasteiger partial charge in [0.2, 0.25) is 0 Å². The van der Waals surface area contributed by atoms with Crippen molar-refractivity contribution < 1.29 is 19.0 Å².